The molecule has 4 aromatic rings. The Kier molecular flexibility index (Phi) is 6.20. The number of nitrogens with zero attached hydrogens (tertiary/aromatic N) is 3. The lowest BCUT2D eigenvalue weighted by Gasteiger charge is -2.10. The zero-order chi connectivity index (χ0) is 22.0. The number of hydrogen-bond acceptors (Lipinski definition) is 4. The van der Waals surface area contributed by atoms with Gasteiger partial charge in [-0.05, 0) is 50.7 Å². The molecule has 0 aliphatic rings. The van der Waals surface area contributed by atoms with Crippen molar-refractivity contribution in [1.29, 1.82) is 0 Å². The number of benzene rings is 2. The minimum atomic E-state index is -0.0418. The molecule has 160 valence electrons. The third-order valence-corrected chi connectivity index (χ3v) is 6.41. The van der Waals surface area contributed by atoms with Crippen molar-refractivity contribution in [2.45, 2.75) is 33.5 Å². The second-order valence-corrected chi connectivity index (χ2v) is 9.33. The molecule has 0 atom stereocenters. The Morgan fingerprint density at radius 2 is 1.65 bits per heavy atom. The van der Waals surface area contributed by atoms with Gasteiger partial charge in [-0.15, -0.1) is 11.3 Å². The summed E-state index contributed by atoms with van der Waals surface area (Å²) in [6.45, 7) is 6.21. The molecule has 2 aromatic carbocycles. The standard InChI is InChI=1S/C25H28N4OS/c1-17-5-7-21(8-6-17)16-29-25-22(18(2)27-29)13-23(31-25)24(30)26-14-19-9-11-20(12-10-19)15-28(3)4/h5-13H,14-16H2,1-4H3,(H,26,30). The van der Waals surface area contributed by atoms with Gasteiger partial charge in [0.05, 0.1) is 17.1 Å². The van der Waals surface area contributed by atoms with Gasteiger partial charge in [-0.1, -0.05) is 54.1 Å². The van der Waals surface area contributed by atoms with E-state index in [1.807, 2.05) is 17.7 Å². The van der Waals surface area contributed by atoms with E-state index >= 15 is 0 Å². The SMILES string of the molecule is Cc1ccc(Cn2nc(C)c3cc(C(=O)NCc4ccc(CN(C)C)cc4)sc32)cc1. The van der Waals surface area contributed by atoms with E-state index in [2.05, 4.69) is 84.9 Å². The maximum atomic E-state index is 12.8. The Labute approximate surface area is 187 Å². The molecule has 5 nitrogen and oxygen atoms in total. The van der Waals surface area contributed by atoms with Crippen LogP contribution in [0.4, 0.5) is 0 Å². The molecule has 2 aromatic heterocycles. The van der Waals surface area contributed by atoms with Gasteiger partial charge in [0.2, 0.25) is 0 Å². The van der Waals surface area contributed by atoms with Crippen molar-refractivity contribution in [2.24, 2.45) is 0 Å². The molecule has 0 unspecified atom stereocenters. The number of carbonyl (C=O) groups excluding carboxylic acids is 1. The summed E-state index contributed by atoms with van der Waals surface area (Å²) >= 11 is 1.50. The molecule has 6 heteroatoms. The number of nitrogens with one attached hydrogen (secondary N) is 1. The zero-order valence-electron chi connectivity index (χ0n) is 18.5. The number of hydrogen-bond donors (Lipinski definition) is 1. The zero-order valence-corrected chi connectivity index (χ0v) is 19.3. The number of fused-ring (bicyclic) bond motifs is 1. The highest BCUT2D eigenvalue weighted by atomic mass is 32.1. The molecular weight excluding hydrogens is 404 g/mol. The van der Waals surface area contributed by atoms with Crippen LogP contribution >= 0.6 is 11.3 Å². The maximum Gasteiger partial charge on any atom is 0.261 e. The second-order valence-electron chi connectivity index (χ2n) is 8.30. The summed E-state index contributed by atoms with van der Waals surface area (Å²) in [7, 11) is 4.11. The van der Waals surface area contributed by atoms with E-state index in [4.69, 9.17) is 0 Å². The van der Waals surface area contributed by atoms with E-state index in [0.29, 0.717) is 13.1 Å². The van der Waals surface area contributed by atoms with E-state index in [1.54, 1.807) is 0 Å². The minimum absolute atomic E-state index is 0.0418. The summed E-state index contributed by atoms with van der Waals surface area (Å²) in [5, 5.41) is 8.79. The van der Waals surface area contributed by atoms with Gasteiger partial charge in [-0.2, -0.15) is 5.10 Å². The fourth-order valence-electron chi connectivity index (χ4n) is 3.60. The lowest BCUT2D eigenvalue weighted by Crippen LogP contribution is -2.21. The van der Waals surface area contributed by atoms with Crippen LogP contribution in [0.2, 0.25) is 0 Å². The Morgan fingerprint density at radius 1 is 1.00 bits per heavy atom. The summed E-state index contributed by atoms with van der Waals surface area (Å²) in [6, 6.07) is 18.8. The van der Waals surface area contributed by atoms with Gasteiger partial charge in [0.1, 0.15) is 4.83 Å². The quantitative estimate of drug-likeness (QED) is 0.458. The first-order valence-electron chi connectivity index (χ1n) is 10.4. The van der Waals surface area contributed by atoms with E-state index < -0.39 is 0 Å². The predicted molar refractivity (Wildman–Crippen MR) is 128 cm³/mol. The van der Waals surface area contributed by atoms with Crippen LogP contribution < -0.4 is 5.32 Å². The van der Waals surface area contributed by atoms with Crippen LogP contribution in [0.1, 0.15) is 37.6 Å². The molecule has 0 aliphatic heterocycles. The summed E-state index contributed by atoms with van der Waals surface area (Å²) in [5.41, 5.74) is 5.76. The van der Waals surface area contributed by atoms with Crippen molar-refractivity contribution >= 4 is 27.5 Å². The summed E-state index contributed by atoms with van der Waals surface area (Å²) in [4.78, 5) is 16.7. The number of amides is 1. The molecule has 0 fully saturated rings. The van der Waals surface area contributed by atoms with E-state index in [1.165, 1.54) is 28.0 Å². The molecule has 0 bridgehead atoms. The van der Waals surface area contributed by atoms with Crippen LogP contribution in [0.5, 0.6) is 0 Å². The van der Waals surface area contributed by atoms with Crippen LogP contribution in [-0.2, 0) is 19.6 Å². The average molecular weight is 433 g/mol. The molecule has 0 spiro atoms. The fraction of sp³-hybridized carbons (Fsp3) is 0.280. The number of aromatic nitrogens is 2. The van der Waals surface area contributed by atoms with Crippen molar-refractivity contribution in [3.05, 3.63) is 87.4 Å². The highest BCUT2D eigenvalue weighted by Crippen LogP contribution is 2.29. The molecule has 31 heavy (non-hydrogen) atoms. The molecule has 0 saturated heterocycles. The van der Waals surface area contributed by atoms with Gasteiger partial charge < -0.3 is 10.2 Å². The van der Waals surface area contributed by atoms with E-state index in [-0.39, 0.29) is 5.91 Å². The van der Waals surface area contributed by atoms with Crippen molar-refractivity contribution in [3.63, 3.8) is 0 Å². The Hall–Kier alpha value is -2.96. The highest BCUT2D eigenvalue weighted by molar-refractivity contribution is 7.20. The molecule has 0 saturated carbocycles. The smallest absolute Gasteiger partial charge is 0.261 e. The van der Waals surface area contributed by atoms with Crippen molar-refractivity contribution in [2.75, 3.05) is 14.1 Å². The van der Waals surface area contributed by atoms with Crippen LogP contribution in [0.15, 0.2) is 54.6 Å². The Bertz CT molecular complexity index is 1190. The summed E-state index contributed by atoms with van der Waals surface area (Å²) < 4.78 is 2.00. The second kappa shape index (κ2) is 9.04. The van der Waals surface area contributed by atoms with Gasteiger partial charge in [0.25, 0.3) is 5.91 Å². The van der Waals surface area contributed by atoms with E-state index in [9.17, 15) is 4.79 Å². The van der Waals surface area contributed by atoms with Gasteiger partial charge in [-0.3, -0.25) is 9.48 Å². The predicted octanol–water partition coefficient (Wildman–Crippen LogP) is 4.75. The maximum absolute atomic E-state index is 12.8. The first kappa shape index (κ1) is 21.3. The van der Waals surface area contributed by atoms with Crippen molar-refractivity contribution < 1.29 is 4.79 Å². The number of carbonyl (C=O) groups is 1. The first-order chi connectivity index (χ1) is 14.9. The molecule has 0 aliphatic carbocycles. The van der Waals surface area contributed by atoms with Crippen LogP contribution in [0, 0.1) is 13.8 Å². The van der Waals surface area contributed by atoms with Gasteiger partial charge in [0.15, 0.2) is 0 Å². The minimum Gasteiger partial charge on any atom is -0.347 e. The normalized spacial score (nSPS) is 11.4. The van der Waals surface area contributed by atoms with Crippen LogP contribution in [-0.4, -0.2) is 34.7 Å². The summed E-state index contributed by atoms with van der Waals surface area (Å²) in [5.74, 6) is -0.0418. The largest absolute Gasteiger partial charge is 0.347 e. The van der Waals surface area contributed by atoms with Gasteiger partial charge in [0, 0.05) is 18.5 Å². The molecular formula is C25H28N4OS. The van der Waals surface area contributed by atoms with Gasteiger partial charge >= 0.3 is 0 Å². The Balaban J connectivity index is 1.45. The molecule has 2 heterocycles. The summed E-state index contributed by atoms with van der Waals surface area (Å²) in [6.07, 6.45) is 0. The van der Waals surface area contributed by atoms with Crippen molar-refractivity contribution in [1.82, 2.24) is 20.0 Å². The Morgan fingerprint density at radius 3 is 2.32 bits per heavy atom. The third-order valence-electron chi connectivity index (χ3n) is 5.26. The number of rotatable bonds is 7. The molecule has 0 radical (unpaired) electrons. The lowest BCUT2D eigenvalue weighted by atomic mass is 10.1. The molecule has 1 amide bonds. The van der Waals surface area contributed by atoms with Crippen LogP contribution in [0.3, 0.4) is 0 Å². The monoisotopic (exact) mass is 432 g/mol. The topological polar surface area (TPSA) is 50.2 Å². The number of thiophene rings is 1. The lowest BCUT2D eigenvalue weighted by molar-refractivity contribution is 0.0955. The highest BCUT2D eigenvalue weighted by Gasteiger charge is 2.16. The third kappa shape index (κ3) is 5.03. The van der Waals surface area contributed by atoms with E-state index in [0.717, 1.165) is 32.9 Å². The molecule has 4 rings (SSSR count). The average Bonchev–Trinajstić information content (AvgIpc) is 3.30. The fourth-order valence-corrected chi connectivity index (χ4v) is 4.67. The first-order valence-corrected chi connectivity index (χ1v) is 11.2. The van der Waals surface area contributed by atoms with Crippen molar-refractivity contribution in [3.8, 4) is 0 Å². The van der Waals surface area contributed by atoms with Crippen LogP contribution in [0.25, 0.3) is 10.2 Å². The molecule has 1 N–H and O–H groups in total. The number of aryl methyl sites for hydroxylation is 2. The van der Waals surface area contributed by atoms with Gasteiger partial charge in [-0.25, -0.2) is 0 Å².